The molecule has 0 saturated carbocycles. The van der Waals surface area contributed by atoms with Crippen molar-refractivity contribution in [1.82, 2.24) is 0 Å². The fourth-order valence-electron chi connectivity index (χ4n) is 3.90. The van der Waals surface area contributed by atoms with E-state index in [1.807, 2.05) is 0 Å². The number of halogens is 10. The number of hydrogen-bond donors (Lipinski definition) is 0. The van der Waals surface area contributed by atoms with Crippen LogP contribution in [0.15, 0.2) is 54.6 Å². The molecule has 3 nitrogen and oxygen atoms in total. The van der Waals surface area contributed by atoms with Gasteiger partial charge in [-0.3, -0.25) is 0 Å². The van der Waals surface area contributed by atoms with E-state index in [1.54, 1.807) is 0 Å². The topological polar surface area (TPSA) is 27.7 Å². The zero-order chi connectivity index (χ0) is 28.9. The van der Waals surface area contributed by atoms with Crippen LogP contribution >= 0.6 is 0 Å². The van der Waals surface area contributed by atoms with E-state index in [1.165, 1.54) is 0 Å². The molecule has 0 saturated heterocycles. The third-order valence-electron chi connectivity index (χ3n) is 5.63. The van der Waals surface area contributed by atoms with Crippen LogP contribution in [0.3, 0.4) is 0 Å². The fraction of sp³-hybridized carbons (Fsp3) is 0. The average molecular weight is 570 g/mol. The highest BCUT2D eigenvalue weighted by Gasteiger charge is 2.35. The predicted molar refractivity (Wildman–Crippen MR) is 122 cm³/mol. The molecule has 0 amide bonds. The second kappa shape index (κ2) is 10.2. The van der Waals surface area contributed by atoms with Crippen molar-refractivity contribution in [3.05, 3.63) is 113 Å². The first-order valence-electron chi connectivity index (χ1n) is 10.9. The first kappa shape index (κ1) is 27.0. The fourth-order valence-corrected chi connectivity index (χ4v) is 3.90. The van der Waals surface area contributed by atoms with E-state index in [0.29, 0.717) is 24.3 Å². The summed E-state index contributed by atoms with van der Waals surface area (Å²) in [7, 11) is -2.45. The van der Waals surface area contributed by atoms with Gasteiger partial charge in [-0.2, -0.15) is 4.39 Å². The van der Waals surface area contributed by atoms with E-state index in [9.17, 15) is 43.9 Å². The molecule has 5 aromatic rings. The van der Waals surface area contributed by atoms with Crippen molar-refractivity contribution in [3.63, 3.8) is 0 Å². The Bertz CT molecular complexity index is 1810. The third-order valence-corrected chi connectivity index (χ3v) is 5.63. The minimum atomic E-state index is -2.45. The molecule has 204 valence electrons. The molecule has 0 heterocycles. The minimum Gasteiger partial charge on any atom is -0.489 e. The second-order valence-corrected chi connectivity index (χ2v) is 8.13. The molecule has 0 fully saturated rings. The predicted octanol–water partition coefficient (Wildman–Crippen LogP) is 7.91. The van der Waals surface area contributed by atoms with Gasteiger partial charge in [0.15, 0.2) is 34.9 Å². The number of benzene rings is 5. The van der Waals surface area contributed by atoms with Crippen molar-refractivity contribution in [1.29, 1.82) is 0 Å². The first-order valence-corrected chi connectivity index (χ1v) is 10.9. The highest BCUT2D eigenvalue weighted by atomic mass is 19.2. The van der Waals surface area contributed by atoms with Crippen molar-refractivity contribution in [2.24, 2.45) is 0 Å². The Balaban J connectivity index is 1.66. The van der Waals surface area contributed by atoms with E-state index < -0.39 is 104 Å². The molecule has 0 atom stereocenters. The molecule has 14 heteroatoms. The van der Waals surface area contributed by atoms with E-state index in [-0.39, 0.29) is 6.07 Å². The van der Waals surface area contributed by atoms with Gasteiger partial charge in [0, 0.05) is 29.0 Å². The summed E-state index contributed by atoms with van der Waals surface area (Å²) in [5, 5.41) is -3.12. The number of fused-ring (bicyclic) bond motifs is 2. The Morgan fingerprint density at radius 2 is 1.05 bits per heavy atom. The quantitative estimate of drug-likeness (QED) is 0.0900. The maximum atomic E-state index is 14.7. The van der Waals surface area contributed by atoms with Gasteiger partial charge in [-0.15, -0.1) is 0 Å². The van der Waals surface area contributed by atoms with Crippen LogP contribution in [0.1, 0.15) is 0 Å². The second-order valence-electron chi connectivity index (χ2n) is 8.13. The molecule has 0 spiro atoms. The molecule has 5 aromatic carbocycles. The average Bonchev–Trinajstić information content (AvgIpc) is 2.90. The molecular formula is C26H9BF10O3. The van der Waals surface area contributed by atoms with Gasteiger partial charge in [-0.05, 0) is 24.3 Å². The first-order chi connectivity index (χ1) is 19.0. The molecular weight excluding hydrogens is 561 g/mol. The lowest BCUT2D eigenvalue weighted by Crippen LogP contribution is -2.37. The SMILES string of the molecule is Fc1cc(F)c(F)c(OB(Oc2ccc(F)c3c(F)cc(F)cc23)Oc2cccc3c(F)c(F)c(F)c(F)c23)c1. The molecule has 40 heavy (non-hydrogen) atoms. The van der Waals surface area contributed by atoms with Crippen molar-refractivity contribution in [2.75, 3.05) is 0 Å². The zero-order valence-corrected chi connectivity index (χ0v) is 19.3. The molecule has 0 radical (unpaired) electrons. The van der Waals surface area contributed by atoms with Gasteiger partial charge >= 0.3 is 7.32 Å². The molecule has 0 aliphatic rings. The lowest BCUT2D eigenvalue weighted by atomic mass is 10.1. The molecule has 5 rings (SSSR count). The molecule has 0 aliphatic heterocycles. The summed E-state index contributed by atoms with van der Waals surface area (Å²) in [6.07, 6.45) is 0. The van der Waals surface area contributed by atoms with Gasteiger partial charge in [0.25, 0.3) is 0 Å². The van der Waals surface area contributed by atoms with Gasteiger partial charge in [0.05, 0.1) is 10.8 Å². The van der Waals surface area contributed by atoms with Crippen LogP contribution in [0.4, 0.5) is 43.9 Å². The van der Waals surface area contributed by atoms with E-state index in [0.717, 1.165) is 24.3 Å². The lowest BCUT2D eigenvalue weighted by Gasteiger charge is -2.19. The third kappa shape index (κ3) is 4.69. The maximum Gasteiger partial charge on any atom is 0.864 e. The monoisotopic (exact) mass is 570 g/mol. The summed E-state index contributed by atoms with van der Waals surface area (Å²) in [6.45, 7) is 0. The molecule has 0 bridgehead atoms. The number of hydrogen-bond acceptors (Lipinski definition) is 3. The Kier molecular flexibility index (Phi) is 6.86. The van der Waals surface area contributed by atoms with E-state index >= 15 is 0 Å². The Labute approximate surface area is 217 Å². The molecule has 0 N–H and O–H groups in total. The van der Waals surface area contributed by atoms with Crippen molar-refractivity contribution in [2.45, 2.75) is 0 Å². The van der Waals surface area contributed by atoms with Crippen LogP contribution in [0.5, 0.6) is 17.2 Å². The van der Waals surface area contributed by atoms with Crippen molar-refractivity contribution >= 4 is 28.9 Å². The lowest BCUT2D eigenvalue weighted by molar-refractivity contribution is 0.298. The van der Waals surface area contributed by atoms with Gasteiger partial charge in [-0.25, -0.2) is 39.5 Å². The summed E-state index contributed by atoms with van der Waals surface area (Å²) in [5.41, 5.74) is 0. The van der Waals surface area contributed by atoms with Gasteiger partial charge < -0.3 is 14.0 Å². The minimum absolute atomic E-state index is 0.165. The molecule has 0 aromatic heterocycles. The van der Waals surface area contributed by atoms with Crippen LogP contribution in [0, 0.1) is 58.2 Å². The normalized spacial score (nSPS) is 11.2. The summed E-state index contributed by atoms with van der Waals surface area (Å²) in [4.78, 5) is 0. The highest BCUT2D eigenvalue weighted by molar-refractivity contribution is 6.40. The molecule has 0 unspecified atom stereocenters. The summed E-state index contributed by atoms with van der Waals surface area (Å²) in [6, 6.07) is 5.80. The van der Waals surface area contributed by atoms with E-state index in [2.05, 4.69) is 0 Å². The maximum absolute atomic E-state index is 14.7. The van der Waals surface area contributed by atoms with Gasteiger partial charge in [0.1, 0.15) is 40.5 Å². The Hall–Kier alpha value is -4.62. The summed E-state index contributed by atoms with van der Waals surface area (Å²) in [5.74, 6) is -19.1. The van der Waals surface area contributed by atoms with Gasteiger partial charge in [0.2, 0.25) is 0 Å². The van der Waals surface area contributed by atoms with Crippen LogP contribution in [0.2, 0.25) is 0 Å². The highest BCUT2D eigenvalue weighted by Crippen LogP contribution is 2.36. The van der Waals surface area contributed by atoms with Crippen LogP contribution in [0.25, 0.3) is 21.5 Å². The summed E-state index contributed by atoms with van der Waals surface area (Å²) >= 11 is 0. The Morgan fingerprint density at radius 1 is 0.425 bits per heavy atom. The van der Waals surface area contributed by atoms with Crippen molar-refractivity contribution in [3.8, 4) is 17.2 Å². The molecule has 0 aliphatic carbocycles. The van der Waals surface area contributed by atoms with Crippen LogP contribution in [-0.4, -0.2) is 7.32 Å². The van der Waals surface area contributed by atoms with Crippen LogP contribution < -0.4 is 14.0 Å². The Morgan fingerprint density at radius 3 is 1.80 bits per heavy atom. The summed E-state index contributed by atoms with van der Waals surface area (Å²) < 4.78 is 157. The van der Waals surface area contributed by atoms with Gasteiger partial charge in [-0.1, -0.05) is 12.1 Å². The largest absolute Gasteiger partial charge is 0.864 e. The van der Waals surface area contributed by atoms with Crippen molar-refractivity contribution < 1.29 is 57.9 Å². The van der Waals surface area contributed by atoms with Crippen LogP contribution in [-0.2, 0) is 0 Å². The zero-order valence-electron chi connectivity index (χ0n) is 19.3. The standard InChI is InChI=1S/C26H9BF10O3/c28-10-6-13-17(5-4-14(30)20(13)15(31)7-10)38-27(40-19-9-11(29)8-16(32)23(19)34)39-18-3-1-2-12-21(18)24(35)26(37)25(36)22(12)33/h1-9H. The smallest absolute Gasteiger partial charge is 0.489 e. The number of rotatable bonds is 6. The van der Waals surface area contributed by atoms with E-state index in [4.69, 9.17) is 14.0 Å².